The Labute approximate surface area is 97.3 Å². The molecular weight excluding hydrogens is 222 g/mol. The summed E-state index contributed by atoms with van der Waals surface area (Å²) >= 11 is 0. The van der Waals surface area contributed by atoms with Gasteiger partial charge in [-0.15, -0.1) is 0 Å². The van der Waals surface area contributed by atoms with Crippen molar-refractivity contribution in [3.8, 4) is 0 Å². The van der Waals surface area contributed by atoms with E-state index in [1.807, 2.05) is 0 Å². The van der Waals surface area contributed by atoms with Gasteiger partial charge in [-0.3, -0.25) is 0 Å². The summed E-state index contributed by atoms with van der Waals surface area (Å²) in [6.07, 6.45) is 4.75. The molecule has 0 saturated carbocycles. The summed E-state index contributed by atoms with van der Waals surface area (Å²) in [7, 11) is 0. The predicted molar refractivity (Wildman–Crippen MR) is 63.7 cm³/mol. The Bertz CT molecular complexity index is 599. The molecule has 17 heavy (non-hydrogen) atoms. The van der Waals surface area contributed by atoms with E-state index in [0.717, 1.165) is 30.5 Å². The molecule has 1 aromatic heterocycles. The van der Waals surface area contributed by atoms with Gasteiger partial charge in [0.2, 0.25) is 0 Å². The van der Waals surface area contributed by atoms with E-state index >= 15 is 0 Å². The van der Waals surface area contributed by atoms with E-state index in [-0.39, 0.29) is 5.52 Å². The van der Waals surface area contributed by atoms with E-state index in [1.54, 1.807) is 12.3 Å². The van der Waals surface area contributed by atoms with E-state index in [1.165, 1.54) is 11.6 Å². The minimum absolute atomic E-state index is 0.249. The monoisotopic (exact) mass is 234 g/mol. The van der Waals surface area contributed by atoms with Crippen LogP contribution in [-0.4, -0.2) is 18.1 Å². The Balaban J connectivity index is 2.18. The van der Waals surface area contributed by atoms with Crippen LogP contribution in [0.25, 0.3) is 16.5 Å². The summed E-state index contributed by atoms with van der Waals surface area (Å²) in [6.45, 7) is 1.74. The first-order valence-electron chi connectivity index (χ1n) is 5.62. The van der Waals surface area contributed by atoms with Crippen molar-refractivity contribution in [3.05, 3.63) is 41.6 Å². The summed E-state index contributed by atoms with van der Waals surface area (Å²) < 4.78 is 26.6. The van der Waals surface area contributed by atoms with Crippen molar-refractivity contribution >= 4 is 16.5 Å². The zero-order valence-corrected chi connectivity index (χ0v) is 9.19. The SMILES string of the molecule is Fc1ccc2c(C3=CCNCC3)c[nH]c2c1F. The Hall–Kier alpha value is -1.68. The molecule has 0 fully saturated rings. The van der Waals surface area contributed by atoms with Gasteiger partial charge in [-0.2, -0.15) is 0 Å². The molecule has 88 valence electrons. The highest BCUT2D eigenvalue weighted by atomic mass is 19.2. The second-order valence-electron chi connectivity index (χ2n) is 4.17. The van der Waals surface area contributed by atoms with Crippen LogP contribution in [0.3, 0.4) is 0 Å². The second kappa shape index (κ2) is 3.96. The maximum absolute atomic E-state index is 13.5. The average Bonchev–Trinajstić information content (AvgIpc) is 2.79. The molecule has 0 bridgehead atoms. The minimum Gasteiger partial charge on any atom is -0.358 e. The fraction of sp³-hybridized carbons (Fsp3) is 0.231. The zero-order chi connectivity index (χ0) is 11.8. The Kier molecular flexibility index (Phi) is 2.44. The van der Waals surface area contributed by atoms with E-state index in [2.05, 4.69) is 16.4 Å². The topological polar surface area (TPSA) is 27.8 Å². The van der Waals surface area contributed by atoms with Crippen molar-refractivity contribution in [3.63, 3.8) is 0 Å². The molecule has 2 N–H and O–H groups in total. The van der Waals surface area contributed by atoms with Crippen molar-refractivity contribution in [2.45, 2.75) is 6.42 Å². The first kappa shape index (κ1) is 10.5. The maximum Gasteiger partial charge on any atom is 0.182 e. The number of halogens is 2. The molecule has 2 aromatic rings. The Morgan fingerprint density at radius 3 is 2.82 bits per heavy atom. The van der Waals surface area contributed by atoms with Gasteiger partial charge < -0.3 is 10.3 Å². The fourth-order valence-electron chi connectivity index (χ4n) is 2.27. The molecule has 0 atom stereocenters. The molecular formula is C13H12F2N2. The van der Waals surface area contributed by atoms with Crippen LogP contribution in [-0.2, 0) is 0 Å². The van der Waals surface area contributed by atoms with Gasteiger partial charge in [0.05, 0.1) is 5.52 Å². The van der Waals surface area contributed by atoms with Gasteiger partial charge in [-0.25, -0.2) is 8.78 Å². The van der Waals surface area contributed by atoms with Crippen LogP contribution in [0.5, 0.6) is 0 Å². The number of hydrogen-bond donors (Lipinski definition) is 2. The van der Waals surface area contributed by atoms with Crippen LogP contribution < -0.4 is 5.32 Å². The zero-order valence-electron chi connectivity index (χ0n) is 9.19. The quantitative estimate of drug-likeness (QED) is 0.780. The molecule has 3 rings (SSSR count). The van der Waals surface area contributed by atoms with Crippen molar-refractivity contribution in [2.24, 2.45) is 0 Å². The van der Waals surface area contributed by atoms with Crippen LogP contribution in [0.2, 0.25) is 0 Å². The Morgan fingerprint density at radius 1 is 1.18 bits per heavy atom. The van der Waals surface area contributed by atoms with Gasteiger partial charge in [0.1, 0.15) is 0 Å². The first-order chi connectivity index (χ1) is 8.27. The minimum atomic E-state index is -0.815. The summed E-state index contributed by atoms with van der Waals surface area (Å²) in [5, 5.41) is 3.97. The molecule has 0 saturated heterocycles. The van der Waals surface area contributed by atoms with Crippen LogP contribution >= 0.6 is 0 Å². The molecule has 0 amide bonds. The molecule has 1 aliphatic rings. The predicted octanol–water partition coefficient (Wildman–Crippen LogP) is 2.82. The van der Waals surface area contributed by atoms with E-state index < -0.39 is 11.6 Å². The number of hydrogen-bond acceptors (Lipinski definition) is 1. The molecule has 0 radical (unpaired) electrons. The van der Waals surface area contributed by atoms with Gasteiger partial charge in [-0.1, -0.05) is 6.08 Å². The normalized spacial score (nSPS) is 16.2. The summed E-state index contributed by atoms with van der Waals surface area (Å²) in [5.74, 6) is -1.62. The van der Waals surface area contributed by atoms with Crippen LogP contribution in [0.4, 0.5) is 8.78 Å². The third-order valence-corrected chi connectivity index (χ3v) is 3.16. The average molecular weight is 234 g/mol. The van der Waals surface area contributed by atoms with Crippen LogP contribution in [0.1, 0.15) is 12.0 Å². The highest BCUT2D eigenvalue weighted by Crippen LogP contribution is 2.29. The molecule has 0 unspecified atom stereocenters. The van der Waals surface area contributed by atoms with Crippen molar-refractivity contribution in [1.82, 2.24) is 10.3 Å². The van der Waals surface area contributed by atoms with Gasteiger partial charge in [0.25, 0.3) is 0 Å². The number of fused-ring (bicyclic) bond motifs is 1. The number of benzene rings is 1. The lowest BCUT2D eigenvalue weighted by atomic mass is 10.00. The number of H-pyrrole nitrogens is 1. The van der Waals surface area contributed by atoms with Gasteiger partial charge in [-0.05, 0) is 30.7 Å². The summed E-state index contributed by atoms with van der Waals surface area (Å²) in [4.78, 5) is 2.82. The van der Waals surface area contributed by atoms with Crippen LogP contribution in [0, 0.1) is 11.6 Å². The molecule has 2 nitrogen and oxygen atoms in total. The van der Waals surface area contributed by atoms with Crippen LogP contribution in [0.15, 0.2) is 24.4 Å². The van der Waals surface area contributed by atoms with E-state index in [4.69, 9.17) is 0 Å². The molecule has 0 spiro atoms. The lowest BCUT2D eigenvalue weighted by Crippen LogP contribution is -2.19. The third kappa shape index (κ3) is 1.65. The van der Waals surface area contributed by atoms with Gasteiger partial charge in [0.15, 0.2) is 11.6 Å². The standard InChI is InChI=1S/C13H12F2N2/c14-11-2-1-9-10(7-17-13(9)12(11)15)8-3-5-16-6-4-8/h1-3,7,16-17H,4-6H2. The summed E-state index contributed by atoms with van der Waals surface area (Å²) in [5.41, 5.74) is 2.40. The largest absolute Gasteiger partial charge is 0.358 e. The Morgan fingerprint density at radius 2 is 2.06 bits per heavy atom. The lowest BCUT2D eigenvalue weighted by molar-refractivity contribution is 0.515. The van der Waals surface area contributed by atoms with E-state index in [9.17, 15) is 8.78 Å². The molecule has 2 heterocycles. The highest BCUT2D eigenvalue weighted by Gasteiger charge is 2.15. The van der Waals surface area contributed by atoms with Crippen molar-refractivity contribution < 1.29 is 8.78 Å². The summed E-state index contributed by atoms with van der Waals surface area (Å²) in [6, 6.07) is 2.80. The highest BCUT2D eigenvalue weighted by molar-refractivity contribution is 5.93. The second-order valence-corrected chi connectivity index (χ2v) is 4.17. The maximum atomic E-state index is 13.5. The molecule has 1 aromatic carbocycles. The smallest absolute Gasteiger partial charge is 0.182 e. The third-order valence-electron chi connectivity index (χ3n) is 3.16. The number of rotatable bonds is 1. The van der Waals surface area contributed by atoms with E-state index in [0.29, 0.717) is 0 Å². The van der Waals surface area contributed by atoms with Crippen molar-refractivity contribution in [1.29, 1.82) is 0 Å². The molecule has 1 aliphatic heterocycles. The van der Waals surface area contributed by atoms with Crippen molar-refractivity contribution in [2.75, 3.05) is 13.1 Å². The number of aromatic nitrogens is 1. The first-order valence-corrected chi connectivity index (χ1v) is 5.62. The van der Waals surface area contributed by atoms with Gasteiger partial charge >= 0.3 is 0 Å². The van der Waals surface area contributed by atoms with Gasteiger partial charge in [0, 0.05) is 23.7 Å². The molecule has 4 heteroatoms. The molecule has 0 aliphatic carbocycles. The fourth-order valence-corrected chi connectivity index (χ4v) is 2.27. The lowest BCUT2D eigenvalue weighted by Gasteiger charge is -2.13. The number of nitrogens with one attached hydrogen (secondary N) is 2. The number of aromatic amines is 1.